The molecule has 0 N–H and O–H groups in total. The summed E-state index contributed by atoms with van der Waals surface area (Å²) in [5.74, 6) is 0.171. The number of nitrogens with zero attached hydrogens (tertiary/aromatic N) is 3. The Bertz CT molecular complexity index is 541. The van der Waals surface area contributed by atoms with Crippen LogP contribution in [0.15, 0.2) is 17.6 Å². The van der Waals surface area contributed by atoms with Crippen molar-refractivity contribution in [3.63, 3.8) is 0 Å². The van der Waals surface area contributed by atoms with Crippen LogP contribution in [0.2, 0.25) is 0 Å². The van der Waals surface area contributed by atoms with Crippen LogP contribution in [-0.4, -0.2) is 41.5 Å². The standard InChI is InChI=1S/C12H20FN3O2S/c1-9(2)10-4-5-16(6-11(10)13)19(17,18)12-7-15(3)8-14-12/h7-11H,4-6H2,1-3H3/t10-,11-/m0/s1. The molecule has 1 aromatic rings. The van der Waals surface area contributed by atoms with Gasteiger partial charge in [0.1, 0.15) is 6.17 Å². The molecule has 1 saturated heterocycles. The molecule has 0 amide bonds. The van der Waals surface area contributed by atoms with Gasteiger partial charge in [-0.2, -0.15) is 4.31 Å². The molecule has 2 atom stereocenters. The second kappa shape index (κ2) is 5.20. The summed E-state index contributed by atoms with van der Waals surface area (Å²) in [6.07, 6.45) is 2.33. The Labute approximate surface area is 113 Å². The predicted octanol–water partition coefficient (Wildman–Crippen LogP) is 1.42. The molecule has 19 heavy (non-hydrogen) atoms. The molecule has 0 aliphatic carbocycles. The number of hydrogen-bond acceptors (Lipinski definition) is 3. The van der Waals surface area contributed by atoms with Gasteiger partial charge in [-0.1, -0.05) is 13.8 Å². The molecule has 1 fully saturated rings. The lowest BCUT2D eigenvalue weighted by Gasteiger charge is -2.35. The Kier molecular flexibility index (Phi) is 3.96. The van der Waals surface area contributed by atoms with Gasteiger partial charge < -0.3 is 4.57 Å². The highest BCUT2D eigenvalue weighted by molar-refractivity contribution is 7.89. The van der Waals surface area contributed by atoms with Crippen molar-refractivity contribution < 1.29 is 12.8 Å². The highest BCUT2D eigenvalue weighted by atomic mass is 32.2. The fourth-order valence-electron chi connectivity index (χ4n) is 2.52. The molecule has 1 aliphatic rings. The molecule has 2 heterocycles. The van der Waals surface area contributed by atoms with E-state index in [2.05, 4.69) is 4.98 Å². The fourth-order valence-corrected chi connectivity index (χ4v) is 3.95. The van der Waals surface area contributed by atoms with Crippen LogP contribution in [0.1, 0.15) is 20.3 Å². The molecular weight excluding hydrogens is 269 g/mol. The minimum absolute atomic E-state index is 0.00908. The molecule has 0 unspecified atom stereocenters. The Balaban J connectivity index is 2.16. The average Bonchev–Trinajstić information content (AvgIpc) is 2.76. The number of rotatable bonds is 3. The first-order valence-electron chi connectivity index (χ1n) is 6.44. The largest absolute Gasteiger partial charge is 0.339 e. The van der Waals surface area contributed by atoms with E-state index in [9.17, 15) is 12.8 Å². The van der Waals surface area contributed by atoms with Gasteiger partial charge in [0.15, 0.2) is 5.03 Å². The third-order valence-corrected chi connectivity index (χ3v) is 5.45. The second-order valence-corrected chi connectivity index (χ2v) is 7.34. The quantitative estimate of drug-likeness (QED) is 0.845. The maximum absolute atomic E-state index is 14.1. The van der Waals surface area contributed by atoms with E-state index in [1.54, 1.807) is 11.6 Å². The summed E-state index contributed by atoms with van der Waals surface area (Å²) < 4.78 is 41.5. The van der Waals surface area contributed by atoms with Crippen molar-refractivity contribution in [2.75, 3.05) is 13.1 Å². The van der Waals surface area contributed by atoms with Gasteiger partial charge in [-0.05, 0) is 18.3 Å². The monoisotopic (exact) mass is 289 g/mol. The molecule has 0 radical (unpaired) electrons. The number of sulfonamides is 1. The van der Waals surface area contributed by atoms with Gasteiger partial charge in [0.25, 0.3) is 10.0 Å². The molecule has 0 bridgehead atoms. The Morgan fingerprint density at radius 3 is 2.63 bits per heavy atom. The third kappa shape index (κ3) is 2.81. The number of alkyl halides is 1. The van der Waals surface area contributed by atoms with Crippen LogP contribution in [-0.2, 0) is 17.1 Å². The topological polar surface area (TPSA) is 55.2 Å². The van der Waals surface area contributed by atoms with Crippen LogP contribution >= 0.6 is 0 Å². The Morgan fingerprint density at radius 2 is 2.16 bits per heavy atom. The lowest BCUT2D eigenvalue weighted by atomic mass is 9.86. The fraction of sp³-hybridized carbons (Fsp3) is 0.750. The molecule has 0 aromatic carbocycles. The van der Waals surface area contributed by atoms with Crippen LogP contribution in [0.4, 0.5) is 4.39 Å². The molecule has 1 aromatic heterocycles. The summed E-state index contributed by atoms with van der Waals surface area (Å²) in [6, 6.07) is 0. The van der Waals surface area contributed by atoms with E-state index in [-0.39, 0.29) is 23.4 Å². The summed E-state index contributed by atoms with van der Waals surface area (Å²) in [5.41, 5.74) is 0. The van der Waals surface area contributed by atoms with Crippen LogP contribution < -0.4 is 0 Å². The molecule has 7 heteroatoms. The minimum Gasteiger partial charge on any atom is -0.339 e. The smallest absolute Gasteiger partial charge is 0.262 e. The van der Waals surface area contributed by atoms with E-state index in [1.807, 2.05) is 13.8 Å². The molecule has 0 saturated carbocycles. The number of aromatic nitrogens is 2. The first-order valence-corrected chi connectivity index (χ1v) is 7.88. The number of halogens is 1. The number of piperidine rings is 1. The van der Waals surface area contributed by atoms with Gasteiger partial charge in [-0.25, -0.2) is 17.8 Å². The molecule has 5 nitrogen and oxygen atoms in total. The first-order chi connectivity index (χ1) is 8.82. The van der Waals surface area contributed by atoms with Crippen LogP contribution in [0.25, 0.3) is 0 Å². The molecule has 108 valence electrons. The SMILES string of the molecule is CC(C)[C@@H]1CCN(S(=O)(=O)c2cn(C)cn2)C[C@@H]1F. The predicted molar refractivity (Wildman–Crippen MR) is 69.8 cm³/mol. The van der Waals surface area contributed by atoms with Gasteiger partial charge in [0.2, 0.25) is 0 Å². The van der Waals surface area contributed by atoms with Crippen LogP contribution in [0, 0.1) is 11.8 Å². The van der Waals surface area contributed by atoms with Crippen molar-refractivity contribution in [2.24, 2.45) is 18.9 Å². The Morgan fingerprint density at radius 1 is 1.47 bits per heavy atom. The van der Waals surface area contributed by atoms with E-state index in [4.69, 9.17) is 0 Å². The molecule has 2 rings (SSSR count). The summed E-state index contributed by atoms with van der Waals surface area (Å²) in [5, 5.41) is -0.00908. The normalized spacial score (nSPS) is 25.9. The zero-order chi connectivity index (χ0) is 14.2. The lowest BCUT2D eigenvalue weighted by molar-refractivity contribution is 0.101. The van der Waals surface area contributed by atoms with E-state index in [1.165, 1.54) is 16.8 Å². The summed E-state index contributed by atoms with van der Waals surface area (Å²) in [4.78, 5) is 3.85. The zero-order valence-corrected chi connectivity index (χ0v) is 12.3. The van der Waals surface area contributed by atoms with E-state index in [0.717, 1.165) is 0 Å². The third-order valence-electron chi connectivity index (χ3n) is 3.70. The van der Waals surface area contributed by atoms with Crippen molar-refractivity contribution >= 4 is 10.0 Å². The van der Waals surface area contributed by atoms with Crippen LogP contribution in [0.5, 0.6) is 0 Å². The summed E-state index contributed by atoms with van der Waals surface area (Å²) in [7, 11) is -1.96. The van der Waals surface area contributed by atoms with Gasteiger partial charge in [-0.3, -0.25) is 0 Å². The van der Waals surface area contributed by atoms with Crippen molar-refractivity contribution in [3.8, 4) is 0 Å². The van der Waals surface area contributed by atoms with Crippen LogP contribution in [0.3, 0.4) is 0 Å². The highest BCUT2D eigenvalue weighted by Gasteiger charge is 2.37. The van der Waals surface area contributed by atoms with Gasteiger partial charge in [0.05, 0.1) is 6.33 Å². The van der Waals surface area contributed by atoms with E-state index >= 15 is 0 Å². The zero-order valence-electron chi connectivity index (χ0n) is 11.5. The summed E-state index contributed by atoms with van der Waals surface area (Å²) >= 11 is 0. The lowest BCUT2D eigenvalue weighted by Crippen LogP contribution is -2.46. The average molecular weight is 289 g/mol. The van der Waals surface area contributed by atoms with Gasteiger partial charge in [0, 0.05) is 26.3 Å². The van der Waals surface area contributed by atoms with E-state index < -0.39 is 16.2 Å². The Hall–Kier alpha value is -0.950. The highest BCUT2D eigenvalue weighted by Crippen LogP contribution is 2.29. The first kappa shape index (κ1) is 14.5. The van der Waals surface area contributed by atoms with Crippen molar-refractivity contribution in [3.05, 3.63) is 12.5 Å². The number of aryl methyl sites for hydroxylation is 1. The van der Waals surface area contributed by atoms with Crippen molar-refractivity contribution in [2.45, 2.75) is 31.5 Å². The maximum Gasteiger partial charge on any atom is 0.262 e. The van der Waals surface area contributed by atoms with Crippen molar-refractivity contribution in [1.29, 1.82) is 0 Å². The number of hydrogen-bond donors (Lipinski definition) is 0. The summed E-state index contributed by atoms with van der Waals surface area (Å²) in [6.45, 7) is 4.24. The second-order valence-electron chi connectivity index (χ2n) is 5.45. The van der Waals surface area contributed by atoms with Gasteiger partial charge >= 0.3 is 0 Å². The van der Waals surface area contributed by atoms with Crippen molar-refractivity contribution in [1.82, 2.24) is 13.9 Å². The minimum atomic E-state index is -3.66. The molecule has 1 aliphatic heterocycles. The van der Waals surface area contributed by atoms with E-state index in [0.29, 0.717) is 13.0 Å². The molecular formula is C12H20FN3O2S. The number of imidazole rings is 1. The maximum atomic E-state index is 14.1. The molecule has 0 spiro atoms. The van der Waals surface area contributed by atoms with Gasteiger partial charge in [-0.15, -0.1) is 0 Å².